The number of aromatic hydroxyl groups is 1. The first-order chi connectivity index (χ1) is 34.2. The number of hydrogen-bond acceptors (Lipinski definition) is 17. The maximum atomic E-state index is 15.0. The van der Waals surface area contributed by atoms with E-state index in [1.54, 1.807) is 12.1 Å². The molecule has 22 nitrogen and oxygen atoms in total. The highest BCUT2D eigenvalue weighted by molar-refractivity contribution is 7.87. The predicted octanol–water partition coefficient (Wildman–Crippen LogP) is 1.48. The Hall–Kier alpha value is -7.04. The second-order valence-electron chi connectivity index (χ2n) is 19.1. The number of rotatable bonds is 18. The average Bonchev–Trinajstić information content (AvgIpc) is 3.32. The summed E-state index contributed by atoms with van der Waals surface area (Å²) in [5.74, 6) is -9.00. The lowest BCUT2D eigenvalue weighted by Crippen LogP contribution is -2.46. The fourth-order valence-electron chi connectivity index (χ4n) is 8.29. The van der Waals surface area contributed by atoms with Gasteiger partial charge in [0.1, 0.15) is 55.1 Å². The van der Waals surface area contributed by atoms with E-state index in [4.69, 9.17) is 31.8 Å². The number of nitrogens with one attached hydrogen (secondary N) is 2. The molecule has 3 aromatic carbocycles. The minimum atomic E-state index is -4.53. The highest BCUT2D eigenvalue weighted by atomic mass is 32.2. The van der Waals surface area contributed by atoms with Crippen molar-refractivity contribution in [1.82, 2.24) is 19.9 Å². The number of carboxylic acid groups (broad SMARTS) is 1. The number of anilines is 1. The van der Waals surface area contributed by atoms with E-state index in [1.807, 2.05) is 37.6 Å². The second-order valence-corrected chi connectivity index (χ2v) is 20.4. The van der Waals surface area contributed by atoms with Crippen molar-refractivity contribution in [3.05, 3.63) is 88.0 Å². The van der Waals surface area contributed by atoms with Gasteiger partial charge in [-0.2, -0.15) is 13.7 Å². The van der Waals surface area contributed by atoms with E-state index in [9.17, 15) is 53.3 Å². The van der Waals surface area contributed by atoms with Crippen molar-refractivity contribution < 1.29 is 62.3 Å². The lowest BCUT2D eigenvalue weighted by atomic mass is 9.86. The van der Waals surface area contributed by atoms with Gasteiger partial charge in [0, 0.05) is 68.6 Å². The number of likely N-dealkylation sites (N-methyl/N-ethyl adjacent to an activating group) is 1. The maximum absolute atomic E-state index is 15.0. The normalized spacial score (nSPS) is 17.5. The number of phenols is 1. The largest absolute Gasteiger partial charge is 0.504 e. The van der Waals surface area contributed by atoms with Crippen LogP contribution in [0.4, 0.5) is 5.82 Å². The van der Waals surface area contributed by atoms with E-state index in [0.717, 1.165) is 10.5 Å². The highest BCUT2D eigenvalue weighted by Gasteiger charge is 2.38. The number of hydrogen-bond donors (Lipinski definition) is 10. The molecule has 0 spiro atoms. The third-order valence-electron chi connectivity index (χ3n) is 12.4. The third-order valence-corrected chi connectivity index (χ3v) is 13.0. The van der Waals surface area contributed by atoms with E-state index < -0.39 is 107 Å². The Balaban J connectivity index is 1.70. The first-order valence-electron chi connectivity index (χ1n) is 23.2. The Bertz CT molecular complexity index is 2900. The molecule has 6 atom stereocenters. The van der Waals surface area contributed by atoms with Crippen molar-refractivity contribution in [1.29, 1.82) is 5.26 Å². The molecule has 392 valence electrons. The zero-order valence-electron chi connectivity index (χ0n) is 41.3. The Morgan fingerprint density at radius 3 is 2.15 bits per heavy atom. The monoisotopic (exact) mass is 1030 g/mol. The van der Waals surface area contributed by atoms with Crippen molar-refractivity contribution in [2.75, 3.05) is 45.6 Å². The minimum Gasteiger partial charge on any atom is -0.504 e. The number of aromatic nitrogens is 1. The molecular weight excluding hydrogens is 967 g/mol. The summed E-state index contributed by atoms with van der Waals surface area (Å²) < 4.78 is 38.6. The SMILES string of the molecule is Cc1c(C#N)c(-c2ccc(C(C)(C)C)cc2)nc(N)c1C(=O)C[C@@H](CNS(N)(=O)=O)C(=O)N(C)[C@@H]1C(=O)C[C@@H](C)C(=O)N[C@H](C(=O)O)Cc2ccc(OC[C@H](O)CN)c(c2)-c2cc1cc(OC[C@H](O)CN)c2O. The average molecular weight is 1030 g/mol. The fraction of sp³-hybridized carbons (Fsp3) is 0.420. The second kappa shape index (κ2) is 23.7. The topological polar surface area (TPSA) is 387 Å². The molecule has 14 N–H and O–H groups in total. The van der Waals surface area contributed by atoms with Gasteiger partial charge in [-0.1, -0.05) is 58.0 Å². The predicted molar refractivity (Wildman–Crippen MR) is 268 cm³/mol. The van der Waals surface area contributed by atoms with Crippen molar-refractivity contribution in [2.24, 2.45) is 28.4 Å². The number of amides is 2. The number of carbonyl (C=O) groups is 5. The smallest absolute Gasteiger partial charge is 0.326 e. The number of benzene rings is 3. The zero-order valence-corrected chi connectivity index (χ0v) is 42.2. The van der Waals surface area contributed by atoms with E-state index in [2.05, 4.69) is 16.4 Å². The van der Waals surface area contributed by atoms with Gasteiger partial charge in [0.2, 0.25) is 11.8 Å². The molecule has 0 aliphatic carbocycles. The third kappa shape index (κ3) is 13.9. The highest BCUT2D eigenvalue weighted by Crippen LogP contribution is 2.45. The lowest BCUT2D eigenvalue weighted by Gasteiger charge is -2.32. The number of ketones is 2. The summed E-state index contributed by atoms with van der Waals surface area (Å²) in [6.45, 7) is 6.87. The van der Waals surface area contributed by atoms with Crippen LogP contribution in [0.5, 0.6) is 17.2 Å². The molecule has 1 aromatic heterocycles. The summed E-state index contributed by atoms with van der Waals surface area (Å²) in [6, 6.07) is 13.0. The van der Waals surface area contributed by atoms with Gasteiger partial charge in [-0.25, -0.2) is 19.6 Å². The van der Waals surface area contributed by atoms with Gasteiger partial charge in [0.05, 0.1) is 22.7 Å². The number of carbonyl (C=O) groups excluding carboxylic acids is 4. The number of pyridine rings is 1. The van der Waals surface area contributed by atoms with E-state index in [-0.39, 0.29) is 87.9 Å². The Morgan fingerprint density at radius 2 is 1.59 bits per heavy atom. The van der Waals surface area contributed by atoms with Crippen LogP contribution >= 0.6 is 0 Å². The molecule has 0 saturated carbocycles. The number of ether oxygens (including phenoxy) is 2. The maximum Gasteiger partial charge on any atom is 0.326 e. The zero-order chi connectivity index (χ0) is 54.3. The molecule has 2 heterocycles. The number of Topliss-reactive ketones (excluding diaryl/α,β-unsaturated/α-hetero) is 2. The first-order valence-corrected chi connectivity index (χ1v) is 24.7. The number of aliphatic hydroxyl groups excluding tert-OH is 2. The van der Waals surface area contributed by atoms with Gasteiger partial charge in [0.15, 0.2) is 23.1 Å². The van der Waals surface area contributed by atoms with Crippen molar-refractivity contribution >= 4 is 45.4 Å². The van der Waals surface area contributed by atoms with Crippen LogP contribution in [0.2, 0.25) is 0 Å². The van der Waals surface area contributed by atoms with Crippen LogP contribution in [-0.2, 0) is 41.2 Å². The quantitative estimate of drug-likeness (QED) is 0.0631. The molecule has 1 aliphatic rings. The molecule has 4 bridgehead atoms. The lowest BCUT2D eigenvalue weighted by molar-refractivity contribution is -0.143. The van der Waals surface area contributed by atoms with Crippen LogP contribution in [0, 0.1) is 30.1 Å². The molecular formula is C50H63N9O13S. The molecule has 23 heteroatoms. The summed E-state index contributed by atoms with van der Waals surface area (Å²) in [4.78, 5) is 75.9. The van der Waals surface area contributed by atoms with Crippen LogP contribution < -0.4 is 41.9 Å². The van der Waals surface area contributed by atoms with Crippen LogP contribution in [0.15, 0.2) is 54.6 Å². The van der Waals surface area contributed by atoms with Gasteiger partial charge < -0.3 is 57.3 Å². The Kier molecular flexibility index (Phi) is 18.4. The van der Waals surface area contributed by atoms with Gasteiger partial charge in [-0.3, -0.25) is 19.2 Å². The summed E-state index contributed by atoms with van der Waals surface area (Å²) >= 11 is 0. The summed E-state index contributed by atoms with van der Waals surface area (Å²) in [6.07, 6.45) is -4.10. The van der Waals surface area contributed by atoms with Crippen molar-refractivity contribution in [3.63, 3.8) is 0 Å². The van der Waals surface area contributed by atoms with Crippen LogP contribution in [0.1, 0.15) is 84.8 Å². The van der Waals surface area contributed by atoms with E-state index in [0.29, 0.717) is 11.1 Å². The molecule has 0 radical (unpaired) electrons. The number of nitrogens with two attached hydrogens (primary N) is 4. The molecule has 0 fully saturated rings. The number of carboxylic acids is 1. The Labute approximate surface area is 422 Å². The number of fused-ring (bicyclic) bond motifs is 5. The van der Waals surface area contributed by atoms with Crippen LogP contribution in [0.3, 0.4) is 0 Å². The number of aliphatic hydroxyl groups is 2. The van der Waals surface area contributed by atoms with Gasteiger partial charge in [-0.05, 0) is 58.9 Å². The molecule has 0 unspecified atom stereocenters. The van der Waals surface area contributed by atoms with Crippen LogP contribution in [0.25, 0.3) is 22.4 Å². The molecule has 0 saturated heterocycles. The number of aliphatic carboxylic acids is 1. The van der Waals surface area contributed by atoms with Crippen LogP contribution in [-0.4, -0.2) is 126 Å². The van der Waals surface area contributed by atoms with E-state index >= 15 is 4.79 Å². The molecule has 2 amide bonds. The van der Waals surface area contributed by atoms with Crippen molar-refractivity contribution in [3.8, 4) is 45.7 Å². The molecule has 5 rings (SSSR count). The Morgan fingerprint density at radius 1 is 0.973 bits per heavy atom. The standard InChI is InChI=1S/C50H63N9O13S/c1-25-13-39(63)44(29-16-35(45(64)41(18-29)72-24-33(61)20-52)34-14-27(15-37(49(67)68)57-47(25)65)7-12-40(34)71-23-32(60)19-51)59(6)48(66)30(22-56-73(55,69)70)17-38(62)42-26(2)36(21-53)43(58-46(42)54)28-8-10-31(11-9-28)50(3,4)5/h7-12,14,16,18,25,30,32-33,37,44,56,60-61,64H,13,15,17,19-20,22-24,51-52H2,1-6H3,(H2,54,58)(H,57,65)(H,67,68)(H2,55,69,70)/t25-,30+,32-,33-,37+,44+/m1/s1. The van der Waals surface area contributed by atoms with Gasteiger partial charge >= 0.3 is 5.97 Å². The fourth-order valence-corrected chi connectivity index (χ4v) is 8.72. The summed E-state index contributed by atoms with van der Waals surface area (Å²) in [5, 5.41) is 61.0. The van der Waals surface area contributed by atoms with Gasteiger partial charge in [-0.15, -0.1) is 0 Å². The number of nitriles is 1. The molecule has 4 aromatic rings. The number of phenolic OH excluding ortho intramolecular Hbond substituents is 1. The van der Waals surface area contributed by atoms with Gasteiger partial charge in [0.25, 0.3) is 10.2 Å². The molecule has 1 aliphatic heterocycles. The number of nitrogen functional groups attached to an aromatic ring is 1. The summed E-state index contributed by atoms with van der Waals surface area (Å²) in [5.41, 5.74) is 19.4. The van der Waals surface area contributed by atoms with E-state index in [1.165, 1.54) is 51.2 Å². The first kappa shape index (κ1) is 56.9. The number of nitrogens with zero attached hydrogens (tertiary/aromatic N) is 3. The van der Waals surface area contributed by atoms with Crippen molar-refractivity contribution in [2.45, 2.75) is 83.6 Å². The summed E-state index contributed by atoms with van der Waals surface area (Å²) in [7, 11) is -3.35. The minimum absolute atomic E-state index is 0.0108. The molecule has 73 heavy (non-hydrogen) atoms.